The number of rotatable bonds is 7. The molecule has 1 saturated carbocycles. The van der Waals surface area contributed by atoms with Crippen molar-refractivity contribution in [3.8, 4) is 0 Å². The molecule has 2 aromatic rings. The van der Waals surface area contributed by atoms with Gasteiger partial charge in [-0.15, -0.1) is 0 Å². The van der Waals surface area contributed by atoms with E-state index in [0.717, 1.165) is 18.9 Å². The second-order valence-electron chi connectivity index (χ2n) is 11.1. The van der Waals surface area contributed by atoms with Crippen LogP contribution in [0.2, 0.25) is 0 Å². The summed E-state index contributed by atoms with van der Waals surface area (Å²) in [4.78, 5) is 11.1. The predicted molar refractivity (Wildman–Crippen MR) is 154 cm³/mol. The average Bonchev–Trinajstić information content (AvgIpc) is 2.87. The molecule has 1 unspecified atom stereocenters. The molecule has 6 heteroatoms. The van der Waals surface area contributed by atoms with Crippen LogP contribution in [0.1, 0.15) is 103 Å². The van der Waals surface area contributed by atoms with Crippen molar-refractivity contribution in [2.75, 3.05) is 13.1 Å². The Balaban J connectivity index is 0.000000501. The van der Waals surface area contributed by atoms with Crippen LogP contribution in [0.5, 0.6) is 0 Å². The lowest BCUT2D eigenvalue weighted by Gasteiger charge is -2.40. The van der Waals surface area contributed by atoms with Crippen LogP contribution in [0.3, 0.4) is 0 Å². The zero-order chi connectivity index (χ0) is 28.9. The van der Waals surface area contributed by atoms with E-state index in [1.54, 1.807) is 0 Å². The SMILES string of the molecule is CC.CC(=O)NCC(O)CNC1(c2cc(C)cc(C(C)(C)C)c2)CCCCC1.CCc1cc(F)cc(F)c1. The summed E-state index contributed by atoms with van der Waals surface area (Å²) in [5, 5.41) is 16.6. The van der Waals surface area contributed by atoms with Gasteiger partial charge < -0.3 is 15.7 Å². The summed E-state index contributed by atoms with van der Waals surface area (Å²) in [7, 11) is 0. The molecule has 3 N–H and O–H groups in total. The Morgan fingerprint density at radius 1 is 0.974 bits per heavy atom. The number of carbonyl (C=O) groups excluding carboxylic acids is 1. The van der Waals surface area contributed by atoms with Crippen molar-refractivity contribution in [3.05, 3.63) is 70.3 Å². The Hall–Kier alpha value is -2.31. The number of aryl methyl sites for hydroxylation is 2. The van der Waals surface area contributed by atoms with Gasteiger partial charge in [0.25, 0.3) is 0 Å². The van der Waals surface area contributed by atoms with Crippen LogP contribution in [-0.2, 0) is 22.2 Å². The van der Waals surface area contributed by atoms with Gasteiger partial charge in [0.2, 0.25) is 5.91 Å². The van der Waals surface area contributed by atoms with Crippen LogP contribution < -0.4 is 10.6 Å². The number of benzene rings is 2. The molecule has 38 heavy (non-hydrogen) atoms. The Morgan fingerprint density at radius 2 is 1.55 bits per heavy atom. The number of aliphatic hydroxyl groups excluding tert-OH is 1. The standard InChI is InChI=1S/C22H36N2O2.C8H8F2.C2H6/c1-16-11-18(21(3,4)5)13-19(12-16)22(9-7-6-8-10-22)24-15-20(26)14-23-17(2)25;1-2-6-3-7(9)5-8(10)4-6;1-2/h11-13,20,24,26H,6-10,14-15H2,1-5H3,(H,23,25);3-5H,2H2,1H3;1-2H3. The molecule has 0 spiro atoms. The fraction of sp³-hybridized carbons (Fsp3) is 0.594. The second-order valence-corrected chi connectivity index (χ2v) is 11.1. The molecule has 0 bridgehead atoms. The highest BCUT2D eigenvalue weighted by molar-refractivity contribution is 5.72. The number of aliphatic hydroxyl groups is 1. The van der Waals surface area contributed by atoms with E-state index >= 15 is 0 Å². The monoisotopic (exact) mass is 532 g/mol. The van der Waals surface area contributed by atoms with Crippen LogP contribution in [-0.4, -0.2) is 30.2 Å². The minimum Gasteiger partial charge on any atom is -0.390 e. The summed E-state index contributed by atoms with van der Waals surface area (Å²) in [5.74, 6) is -1.11. The lowest BCUT2D eigenvalue weighted by Crippen LogP contribution is -2.49. The second kappa shape index (κ2) is 15.9. The fourth-order valence-electron chi connectivity index (χ4n) is 4.68. The minimum atomic E-state index is -0.579. The van der Waals surface area contributed by atoms with Gasteiger partial charge >= 0.3 is 0 Å². The van der Waals surface area contributed by atoms with Crippen molar-refractivity contribution in [2.24, 2.45) is 0 Å². The summed E-state index contributed by atoms with van der Waals surface area (Å²) in [6.45, 7) is 17.0. The highest BCUT2D eigenvalue weighted by Crippen LogP contribution is 2.39. The van der Waals surface area contributed by atoms with E-state index in [1.807, 2.05) is 20.8 Å². The van der Waals surface area contributed by atoms with Crippen molar-refractivity contribution < 1.29 is 18.7 Å². The zero-order valence-electron chi connectivity index (χ0n) is 24.8. The molecule has 4 nitrogen and oxygen atoms in total. The molecule has 1 amide bonds. The van der Waals surface area contributed by atoms with E-state index in [-0.39, 0.29) is 16.9 Å². The van der Waals surface area contributed by atoms with Gasteiger partial charge in [-0.25, -0.2) is 8.78 Å². The first kappa shape index (κ1) is 33.7. The maximum atomic E-state index is 12.4. The number of halogens is 2. The summed E-state index contributed by atoms with van der Waals surface area (Å²) in [6, 6.07) is 10.5. The Kier molecular flexibility index (Phi) is 14.1. The smallest absolute Gasteiger partial charge is 0.216 e. The van der Waals surface area contributed by atoms with Crippen molar-refractivity contribution in [2.45, 2.75) is 111 Å². The third-order valence-corrected chi connectivity index (χ3v) is 6.80. The molecule has 1 aliphatic carbocycles. The van der Waals surface area contributed by atoms with Gasteiger partial charge in [-0.3, -0.25) is 4.79 Å². The van der Waals surface area contributed by atoms with Gasteiger partial charge in [0.15, 0.2) is 0 Å². The molecule has 1 fully saturated rings. The molecule has 1 atom stereocenters. The van der Waals surface area contributed by atoms with E-state index in [1.165, 1.54) is 55.0 Å². The lowest BCUT2D eigenvalue weighted by molar-refractivity contribution is -0.119. The first-order valence-corrected chi connectivity index (χ1v) is 14.1. The van der Waals surface area contributed by atoms with Crippen LogP contribution in [0.4, 0.5) is 8.78 Å². The summed E-state index contributed by atoms with van der Waals surface area (Å²) in [6.07, 6.45) is 5.94. The topological polar surface area (TPSA) is 61.4 Å². The van der Waals surface area contributed by atoms with Crippen LogP contribution in [0, 0.1) is 18.6 Å². The van der Waals surface area contributed by atoms with Crippen molar-refractivity contribution >= 4 is 5.91 Å². The van der Waals surface area contributed by atoms with E-state index in [2.05, 4.69) is 56.5 Å². The molecule has 0 saturated heterocycles. The van der Waals surface area contributed by atoms with Crippen molar-refractivity contribution in [3.63, 3.8) is 0 Å². The maximum Gasteiger partial charge on any atom is 0.216 e. The first-order valence-electron chi connectivity index (χ1n) is 14.1. The fourth-order valence-corrected chi connectivity index (χ4v) is 4.68. The van der Waals surface area contributed by atoms with Gasteiger partial charge in [0.05, 0.1) is 6.10 Å². The number of carbonyl (C=O) groups is 1. The van der Waals surface area contributed by atoms with E-state index < -0.39 is 17.7 Å². The highest BCUT2D eigenvalue weighted by Gasteiger charge is 2.34. The summed E-state index contributed by atoms with van der Waals surface area (Å²) >= 11 is 0. The third kappa shape index (κ3) is 11.2. The van der Waals surface area contributed by atoms with Gasteiger partial charge in [0.1, 0.15) is 11.6 Å². The molecule has 0 heterocycles. The van der Waals surface area contributed by atoms with Crippen LogP contribution in [0.15, 0.2) is 36.4 Å². The Bertz CT molecular complexity index is 975. The third-order valence-electron chi connectivity index (χ3n) is 6.80. The van der Waals surface area contributed by atoms with E-state index in [4.69, 9.17) is 0 Å². The number of hydrogen-bond donors (Lipinski definition) is 3. The molecule has 1 aliphatic rings. The quantitative estimate of drug-likeness (QED) is 0.357. The van der Waals surface area contributed by atoms with Gasteiger partial charge in [-0.1, -0.05) is 84.6 Å². The predicted octanol–water partition coefficient (Wildman–Crippen LogP) is 7.09. The number of amides is 1. The Labute approximate surface area is 229 Å². The van der Waals surface area contributed by atoms with Crippen LogP contribution in [0.25, 0.3) is 0 Å². The maximum absolute atomic E-state index is 12.4. The molecular formula is C32H50F2N2O2. The largest absolute Gasteiger partial charge is 0.390 e. The highest BCUT2D eigenvalue weighted by atomic mass is 19.1. The average molecular weight is 533 g/mol. The van der Waals surface area contributed by atoms with Gasteiger partial charge in [-0.2, -0.15) is 0 Å². The number of hydrogen-bond acceptors (Lipinski definition) is 3. The molecule has 2 aromatic carbocycles. The van der Waals surface area contributed by atoms with Crippen LogP contribution >= 0.6 is 0 Å². The normalized spacial score (nSPS) is 15.3. The van der Waals surface area contributed by atoms with Gasteiger partial charge in [-0.05, 0) is 60.4 Å². The van der Waals surface area contributed by atoms with Crippen molar-refractivity contribution in [1.29, 1.82) is 0 Å². The number of nitrogens with one attached hydrogen (secondary N) is 2. The first-order chi connectivity index (χ1) is 17.8. The minimum absolute atomic E-state index is 0.0819. The summed E-state index contributed by atoms with van der Waals surface area (Å²) < 4.78 is 24.8. The zero-order valence-corrected chi connectivity index (χ0v) is 24.8. The molecule has 0 aliphatic heterocycles. The molecule has 0 radical (unpaired) electrons. The summed E-state index contributed by atoms with van der Waals surface area (Å²) in [5.41, 5.74) is 4.71. The van der Waals surface area contributed by atoms with E-state index in [9.17, 15) is 18.7 Å². The molecule has 3 rings (SSSR count). The molecule has 0 aromatic heterocycles. The van der Waals surface area contributed by atoms with E-state index in [0.29, 0.717) is 25.1 Å². The van der Waals surface area contributed by atoms with Gasteiger partial charge in [0, 0.05) is 31.6 Å². The lowest BCUT2D eigenvalue weighted by atomic mass is 9.74. The van der Waals surface area contributed by atoms with Crippen molar-refractivity contribution in [1.82, 2.24) is 10.6 Å². The molecule has 214 valence electrons. The Morgan fingerprint density at radius 3 is 2.05 bits per heavy atom. The molecular weight excluding hydrogens is 482 g/mol.